The summed E-state index contributed by atoms with van der Waals surface area (Å²) in [6, 6.07) is 12.5. The summed E-state index contributed by atoms with van der Waals surface area (Å²) in [5.74, 6) is -2.66. The molecule has 13 atom stereocenters. The minimum absolute atomic E-state index is 0.0139. The molecule has 3 saturated carbocycles. The molecule has 4 N–H and O–H groups in total. The predicted molar refractivity (Wildman–Crippen MR) is 247 cm³/mol. The second kappa shape index (κ2) is 17.3. The van der Waals surface area contributed by atoms with Gasteiger partial charge in [-0.3, -0.25) is 24.0 Å². The Morgan fingerprint density at radius 3 is 2.35 bits per heavy atom. The Labute approximate surface area is 398 Å². The van der Waals surface area contributed by atoms with Crippen molar-refractivity contribution < 1.29 is 57.9 Å². The number of hydroxylamine groups is 2. The molecule has 4 aliphatic carbocycles. The van der Waals surface area contributed by atoms with Crippen LogP contribution in [0.4, 0.5) is 0 Å². The van der Waals surface area contributed by atoms with E-state index < -0.39 is 95.8 Å². The third-order valence-corrected chi connectivity index (χ3v) is 16.6. The van der Waals surface area contributed by atoms with Gasteiger partial charge in [-0.05, 0) is 113 Å². The molecule has 0 aromatic heterocycles. The van der Waals surface area contributed by atoms with Crippen LogP contribution < -0.4 is 10.6 Å². The second-order valence-electron chi connectivity index (χ2n) is 22.9. The van der Waals surface area contributed by atoms with Crippen LogP contribution in [0.1, 0.15) is 122 Å². The van der Waals surface area contributed by atoms with Gasteiger partial charge >= 0.3 is 11.9 Å². The Balaban J connectivity index is 0.954. The van der Waals surface area contributed by atoms with E-state index in [1.54, 1.807) is 25.8 Å². The first-order chi connectivity index (χ1) is 32.2. The molecule has 1 spiro atoms. The fourth-order valence-electron chi connectivity index (χ4n) is 13.0. The monoisotopic (exact) mass is 939 g/mol. The maximum absolute atomic E-state index is 15.4. The molecule has 15 heteroatoms. The summed E-state index contributed by atoms with van der Waals surface area (Å²) in [5.41, 5.74) is 3.33. The molecule has 68 heavy (non-hydrogen) atoms. The second-order valence-corrected chi connectivity index (χ2v) is 22.9. The maximum atomic E-state index is 15.4. The first-order valence-corrected chi connectivity index (χ1v) is 24.9. The van der Waals surface area contributed by atoms with Crippen LogP contribution >= 0.6 is 0 Å². The minimum Gasteiger partial charge on any atom is -0.460 e. The van der Waals surface area contributed by atoms with E-state index in [0.717, 1.165) is 54.4 Å². The summed E-state index contributed by atoms with van der Waals surface area (Å²) >= 11 is 0. The predicted octanol–water partition coefficient (Wildman–Crippen LogP) is 5.01. The zero-order valence-electron chi connectivity index (χ0n) is 40.5. The molecule has 15 nitrogen and oxygen atoms in total. The molecule has 7 fully saturated rings. The average Bonchev–Trinajstić information content (AvgIpc) is 3.54. The van der Waals surface area contributed by atoms with Gasteiger partial charge in [0.25, 0.3) is 0 Å². The van der Waals surface area contributed by atoms with Crippen LogP contribution in [-0.4, -0.2) is 117 Å². The average molecular weight is 940 g/mol. The minimum atomic E-state index is -1.64. The standard InChI is InChI=1S/C53H69N3O12/c1-29(58)41(46(60)54-35(28-57)17-19-40(59)65-49(2,3)4)55-48(62)53-26-38-42-43(67-52(66-42)23-32-13-9-10-14-33(32)24-52)45(53)68-56(44(53)47(61)63-38)27-34-15-11-8-12-30(34)22-31-16-18-39-51(7,64-39)21-20-37-36(31)25-50(37,5)6/h8-15,22,29,35-39,41-45,57-58H,16-21,23-28H2,1-7H3,(H,54,60)(H,55,62)/t29-,35-,36+,37+,38+,39?,41+,42-,43-,44-,45+,51+,53-/m0/s1. The number of fused-ring (bicyclic) bond motifs is 7. The van der Waals surface area contributed by atoms with Crippen LogP contribution in [0.15, 0.2) is 54.1 Å². The first-order valence-electron chi connectivity index (χ1n) is 24.9. The van der Waals surface area contributed by atoms with E-state index in [0.29, 0.717) is 24.7 Å². The van der Waals surface area contributed by atoms with Crippen LogP contribution in [0.2, 0.25) is 0 Å². The molecular formula is C53H69N3O12. The normalized spacial score (nSPS) is 35.7. The summed E-state index contributed by atoms with van der Waals surface area (Å²) in [6.07, 6.45) is 3.80. The summed E-state index contributed by atoms with van der Waals surface area (Å²) in [4.78, 5) is 63.5. The third kappa shape index (κ3) is 8.51. The van der Waals surface area contributed by atoms with E-state index >= 15 is 4.79 Å². The van der Waals surface area contributed by atoms with Crippen molar-refractivity contribution in [1.29, 1.82) is 0 Å². The largest absolute Gasteiger partial charge is 0.460 e. The van der Waals surface area contributed by atoms with E-state index in [1.165, 1.54) is 12.5 Å². The summed E-state index contributed by atoms with van der Waals surface area (Å²) in [6.45, 7) is 13.3. The highest BCUT2D eigenvalue weighted by molar-refractivity contribution is 5.96. The van der Waals surface area contributed by atoms with Crippen molar-refractivity contribution in [3.8, 4) is 0 Å². The Morgan fingerprint density at radius 2 is 1.66 bits per heavy atom. The number of nitrogens with zero attached hydrogens (tertiary/aromatic N) is 1. The maximum Gasteiger partial charge on any atom is 0.327 e. The lowest BCUT2D eigenvalue weighted by Gasteiger charge is -2.53. The number of carbonyl (C=O) groups excluding carboxylic acids is 4. The van der Waals surface area contributed by atoms with E-state index in [4.69, 9.17) is 28.5 Å². The quantitative estimate of drug-likeness (QED) is 0.164. The van der Waals surface area contributed by atoms with Crippen molar-refractivity contribution >= 4 is 29.8 Å². The summed E-state index contributed by atoms with van der Waals surface area (Å²) in [5, 5.41) is 28.4. The van der Waals surface area contributed by atoms with Crippen molar-refractivity contribution in [2.45, 2.75) is 191 Å². The van der Waals surface area contributed by atoms with Crippen LogP contribution in [0.5, 0.6) is 0 Å². The Hall–Kier alpha value is -4.22. The summed E-state index contributed by atoms with van der Waals surface area (Å²) < 4.78 is 31.7. The SMILES string of the molecule is C[C@H](O)[C@@H](NC(=O)[C@@]12C[C@H]3OC(=O)[C@@H]1N(Cc1ccccc1C=C1CCC4O[C@]4(C)CC[C@@H]4[C@@H]1CC4(C)C)O[C@@H]2[C@H]1OC2(Cc4ccccc4C2)O[C@H]13)C(=O)N[C@H](CO)CCC(=O)OC(C)(C)C. The Bertz CT molecular complexity index is 2340. The number of aliphatic hydroxyl groups is 2. The number of hydrogen-bond donors (Lipinski definition) is 4. The molecule has 10 rings (SSSR count). The molecule has 8 aliphatic rings. The molecule has 4 aliphatic heterocycles. The highest BCUT2D eigenvalue weighted by Crippen LogP contribution is 2.61. The number of aliphatic hydroxyl groups excluding tert-OH is 2. The van der Waals surface area contributed by atoms with E-state index in [1.807, 2.05) is 42.5 Å². The van der Waals surface area contributed by atoms with Gasteiger partial charge in [0.2, 0.25) is 11.8 Å². The molecule has 4 heterocycles. The van der Waals surface area contributed by atoms with E-state index in [2.05, 4.69) is 43.5 Å². The van der Waals surface area contributed by atoms with E-state index in [-0.39, 0.29) is 42.9 Å². The zero-order valence-corrected chi connectivity index (χ0v) is 40.5. The molecule has 1 unspecified atom stereocenters. The van der Waals surface area contributed by atoms with Crippen molar-refractivity contribution in [2.75, 3.05) is 6.61 Å². The van der Waals surface area contributed by atoms with Crippen LogP contribution in [-0.2, 0) is 67.1 Å². The van der Waals surface area contributed by atoms with Gasteiger partial charge in [-0.25, -0.2) is 0 Å². The van der Waals surface area contributed by atoms with Crippen molar-refractivity contribution in [3.05, 3.63) is 76.4 Å². The highest BCUT2D eigenvalue weighted by Gasteiger charge is 2.77. The molecule has 0 radical (unpaired) electrons. The van der Waals surface area contributed by atoms with E-state index in [9.17, 15) is 24.6 Å². The van der Waals surface area contributed by atoms with Gasteiger partial charge in [0.15, 0.2) is 11.8 Å². The first kappa shape index (κ1) is 47.5. The van der Waals surface area contributed by atoms with Crippen molar-refractivity contribution in [1.82, 2.24) is 15.7 Å². The number of esters is 2. The Morgan fingerprint density at radius 1 is 0.956 bits per heavy atom. The van der Waals surface area contributed by atoms with Crippen LogP contribution in [0, 0.1) is 22.7 Å². The molecule has 2 aromatic carbocycles. The molecule has 368 valence electrons. The highest BCUT2D eigenvalue weighted by atomic mass is 16.8. The van der Waals surface area contributed by atoms with Crippen LogP contribution in [0.25, 0.3) is 6.08 Å². The van der Waals surface area contributed by atoms with Gasteiger partial charge < -0.3 is 44.5 Å². The van der Waals surface area contributed by atoms with Gasteiger partial charge in [0.05, 0.1) is 37.0 Å². The lowest BCUT2D eigenvalue weighted by molar-refractivity contribution is -0.217. The number of amides is 2. The van der Waals surface area contributed by atoms with Crippen molar-refractivity contribution in [3.63, 3.8) is 0 Å². The molecule has 2 amide bonds. The molecule has 2 bridgehead atoms. The topological polar surface area (TPSA) is 195 Å². The van der Waals surface area contributed by atoms with Crippen molar-refractivity contribution in [2.24, 2.45) is 22.7 Å². The smallest absolute Gasteiger partial charge is 0.327 e. The number of hydrogen-bond acceptors (Lipinski definition) is 13. The number of rotatable bonds is 12. The van der Waals surface area contributed by atoms with Gasteiger partial charge in [-0.15, -0.1) is 0 Å². The van der Waals surface area contributed by atoms with Gasteiger partial charge in [-0.1, -0.05) is 74.0 Å². The molecule has 2 aromatic rings. The lowest BCUT2D eigenvalue weighted by Crippen LogP contribution is -2.71. The summed E-state index contributed by atoms with van der Waals surface area (Å²) in [7, 11) is 0. The Kier molecular flexibility index (Phi) is 12.1. The zero-order chi connectivity index (χ0) is 48.1. The van der Waals surface area contributed by atoms with Gasteiger partial charge in [0.1, 0.15) is 41.5 Å². The number of carbonyl (C=O) groups is 4. The fourth-order valence-corrected chi connectivity index (χ4v) is 13.0. The number of allylic oxidation sites excluding steroid dienone is 1. The number of ether oxygens (including phenoxy) is 5. The third-order valence-electron chi connectivity index (χ3n) is 16.6. The van der Waals surface area contributed by atoms with Gasteiger partial charge in [0, 0.05) is 25.7 Å². The van der Waals surface area contributed by atoms with Gasteiger partial charge in [-0.2, -0.15) is 5.06 Å². The van der Waals surface area contributed by atoms with Crippen LogP contribution in [0.3, 0.4) is 0 Å². The number of epoxide rings is 1. The number of benzene rings is 2. The molecular weight excluding hydrogens is 871 g/mol. The number of nitrogens with one attached hydrogen (secondary N) is 2. The lowest BCUT2D eigenvalue weighted by atomic mass is 9.52. The molecule has 4 saturated heterocycles. The fraction of sp³-hybridized carbons (Fsp3) is 0.660.